The molecule has 1 amide bonds. The molecule has 0 aliphatic rings. The number of aryl methyl sites for hydroxylation is 1. The molecule has 0 heterocycles. The van der Waals surface area contributed by atoms with Gasteiger partial charge in [0, 0.05) is 32.5 Å². The second kappa shape index (κ2) is 7.88. The molecule has 0 aliphatic carbocycles. The largest absolute Gasteiger partial charge is 0.374 e. The highest BCUT2D eigenvalue weighted by Crippen LogP contribution is 2.23. The summed E-state index contributed by atoms with van der Waals surface area (Å²) < 4.78 is 26.1. The lowest BCUT2D eigenvalue weighted by atomic mass is 10.2. The second-order valence-electron chi connectivity index (χ2n) is 6.37. The van der Waals surface area contributed by atoms with E-state index in [1.54, 1.807) is 44.0 Å². The van der Waals surface area contributed by atoms with Crippen LogP contribution in [-0.4, -0.2) is 45.8 Å². The number of para-hydroxylation sites is 1. The lowest BCUT2D eigenvalue weighted by molar-refractivity contribution is -0.118. The Bertz CT molecular complexity index is 880. The number of carbonyl (C=O) groups is 1. The van der Waals surface area contributed by atoms with Gasteiger partial charge in [0.25, 0.3) is 0 Å². The topological polar surface area (TPSA) is 69.7 Å². The zero-order valence-corrected chi connectivity index (χ0v) is 16.5. The predicted molar refractivity (Wildman–Crippen MR) is 105 cm³/mol. The first-order valence-electron chi connectivity index (χ1n) is 8.27. The maximum absolute atomic E-state index is 12.6. The van der Waals surface area contributed by atoms with E-state index in [4.69, 9.17) is 0 Å². The van der Waals surface area contributed by atoms with Crippen molar-refractivity contribution in [1.29, 1.82) is 0 Å². The van der Waals surface area contributed by atoms with Crippen LogP contribution in [-0.2, 0) is 14.8 Å². The van der Waals surface area contributed by atoms with E-state index >= 15 is 0 Å². The normalized spacial score (nSPS) is 12.7. The Morgan fingerprint density at radius 3 is 2.23 bits per heavy atom. The Labute approximate surface area is 155 Å². The molecular weight excluding hydrogens is 350 g/mol. The summed E-state index contributed by atoms with van der Waals surface area (Å²) in [6.45, 7) is 3.50. The lowest BCUT2D eigenvalue weighted by Gasteiger charge is -2.23. The number of nitrogens with one attached hydrogen (secondary N) is 1. The highest BCUT2D eigenvalue weighted by Gasteiger charge is 2.22. The van der Waals surface area contributed by atoms with Crippen molar-refractivity contribution in [2.75, 3.05) is 31.4 Å². The average Bonchev–Trinajstić information content (AvgIpc) is 2.62. The van der Waals surface area contributed by atoms with E-state index in [0.29, 0.717) is 11.3 Å². The van der Waals surface area contributed by atoms with Crippen LogP contribution in [0.15, 0.2) is 53.4 Å². The van der Waals surface area contributed by atoms with Gasteiger partial charge in [0.1, 0.15) is 6.04 Å². The van der Waals surface area contributed by atoms with Gasteiger partial charge in [0.05, 0.1) is 4.90 Å². The molecule has 0 aliphatic heterocycles. The minimum absolute atomic E-state index is 0.117. The molecule has 140 valence electrons. The Morgan fingerprint density at radius 1 is 1.04 bits per heavy atom. The fourth-order valence-corrected chi connectivity index (χ4v) is 3.69. The van der Waals surface area contributed by atoms with E-state index in [1.807, 2.05) is 30.3 Å². The monoisotopic (exact) mass is 375 g/mol. The van der Waals surface area contributed by atoms with Gasteiger partial charge in [-0.05, 0) is 43.7 Å². The summed E-state index contributed by atoms with van der Waals surface area (Å²) in [5.41, 5.74) is 2.04. The van der Waals surface area contributed by atoms with Gasteiger partial charge in [0.15, 0.2) is 0 Å². The molecule has 1 atom stereocenters. The molecule has 1 N–H and O–H groups in total. The number of carbonyl (C=O) groups excluding carboxylic acids is 1. The summed E-state index contributed by atoms with van der Waals surface area (Å²) in [6, 6.07) is 13.9. The predicted octanol–water partition coefficient (Wildman–Crippen LogP) is 2.71. The minimum Gasteiger partial charge on any atom is -0.374 e. The molecule has 0 saturated carbocycles. The van der Waals surface area contributed by atoms with Crippen LogP contribution in [0.1, 0.15) is 12.5 Å². The SMILES string of the molecule is Cc1ccc(N[C@H](C)C(=O)N(C)c2ccccc2)cc1S(=O)(=O)N(C)C. The third-order valence-corrected chi connectivity index (χ3v) is 6.13. The number of benzene rings is 2. The molecule has 7 heteroatoms. The van der Waals surface area contributed by atoms with E-state index in [-0.39, 0.29) is 10.8 Å². The number of anilines is 2. The van der Waals surface area contributed by atoms with Crippen LogP contribution in [0.3, 0.4) is 0 Å². The fraction of sp³-hybridized carbons (Fsp3) is 0.316. The summed E-state index contributed by atoms with van der Waals surface area (Å²) in [5, 5.41) is 3.10. The molecule has 26 heavy (non-hydrogen) atoms. The fourth-order valence-electron chi connectivity index (χ4n) is 2.55. The maximum atomic E-state index is 12.6. The molecule has 2 aromatic carbocycles. The molecule has 0 spiro atoms. The van der Waals surface area contributed by atoms with Crippen molar-refractivity contribution in [2.24, 2.45) is 0 Å². The summed E-state index contributed by atoms with van der Waals surface area (Å²) >= 11 is 0. The van der Waals surface area contributed by atoms with Gasteiger partial charge < -0.3 is 10.2 Å². The standard InChI is InChI=1S/C19H25N3O3S/c1-14-11-12-16(13-18(14)26(24,25)21(3)4)20-15(2)19(23)22(5)17-9-7-6-8-10-17/h6-13,15,20H,1-5H3/t15-/m1/s1. The lowest BCUT2D eigenvalue weighted by Crippen LogP contribution is -2.39. The van der Waals surface area contributed by atoms with Crippen molar-refractivity contribution in [3.8, 4) is 0 Å². The number of hydrogen-bond donors (Lipinski definition) is 1. The van der Waals surface area contributed by atoms with Crippen molar-refractivity contribution in [1.82, 2.24) is 4.31 Å². The summed E-state index contributed by atoms with van der Waals surface area (Å²) in [4.78, 5) is 14.4. The van der Waals surface area contributed by atoms with Crippen LogP contribution < -0.4 is 10.2 Å². The van der Waals surface area contributed by atoms with Gasteiger partial charge in [-0.25, -0.2) is 12.7 Å². The molecular formula is C19H25N3O3S. The molecule has 0 radical (unpaired) electrons. The quantitative estimate of drug-likeness (QED) is 0.843. The van der Waals surface area contributed by atoms with Gasteiger partial charge >= 0.3 is 0 Å². The van der Waals surface area contributed by atoms with Gasteiger partial charge in [-0.2, -0.15) is 0 Å². The zero-order valence-electron chi connectivity index (χ0n) is 15.7. The van der Waals surface area contributed by atoms with E-state index in [0.717, 1.165) is 5.69 Å². The second-order valence-corrected chi connectivity index (χ2v) is 8.49. The van der Waals surface area contributed by atoms with Crippen LogP contribution in [0.5, 0.6) is 0 Å². The Balaban J connectivity index is 2.22. The smallest absolute Gasteiger partial charge is 0.248 e. The van der Waals surface area contributed by atoms with Crippen molar-refractivity contribution < 1.29 is 13.2 Å². The summed E-state index contributed by atoms with van der Waals surface area (Å²) in [6.07, 6.45) is 0. The average molecular weight is 375 g/mol. The first-order chi connectivity index (χ1) is 12.1. The van der Waals surface area contributed by atoms with E-state index in [2.05, 4.69) is 5.32 Å². The van der Waals surface area contributed by atoms with Crippen LogP contribution in [0.4, 0.5) is 11.4 Å². The number of rotatable bonds is 6. The number of likely N-dealkylation sites (N-methyl/N-ethyl adjacent to an activating group) is 1. The van der Waals surface area contributed by atoms with Gasteiger partial charge in [-0.1, -0.05) is 24.3 Å². The van der Waals surface area contributed by atoms with Crippen molar-refractivity contribution in [3.63, 3.8) is 0 Å². The van der Waals surface area contributed by atoms with E-state index in [1.165, 1.54) is 18.4 Å². The van der Waals surface area contributed by atoms with Gasteiger partial charge in [0.2, 0.25) is 15.9 Å². The minimum atomic E-state index is -3.55. The van der Waals surface area contributed by atoms with Crippen molar-refractivity contribution in [3.05, 3.63) is 54.1 Å². The summed E-state index contributed by atoms with van der Waals surface area (Å²) in [7, 11) is 1.16. The van der Waals surface area contributed by atoms with Crippen molar-refractivity contribution in [2.45, 2.75) is 24.8 Å². The Hall–Kier alpha value is -2.38. The van der Waals surface area contributed by atoms with Crippen LogP contribution >= 0.6 is 0 Å². The molecule has 2 rings (SSSR count). The number of nitrogens with zero attached hydrogens (tertiary/aromatic N) is 2. The Morgan fingerprint density at radius 2 is 1.65 bits per heavy atom. The van der Waals surface area contributed by atoms with Crippen LogP contribution in [0.25, 0.3) is 0 Å². The van der Waals surface area contributed by atoms with Crippen LogP contribution in [0.2, 0.25) is 0 Å². The molecule has 0 unspecified atom stereocenters. The first kappa shape index (κ1) is 19.9. The number of sulfonamides is 1. The number of amides is 1. The van der Waals surface area contributed by atoms with E-state index in [9.17, 15) is 13.2 Å². The van der Waals surface area contributed by atoms with Crippen LogP contribution in [0, 0.1) is 6.92 Å². The third-order valence-electron chi connectivity index (χ3n) is 4.17. The molecule has 0 aromatic heterocycles. The molecule has 0 bridgehead atoms. The molecule has 6 nitrogen and oxygen atoms in total. The summed E-state index contributed by atoms with van der Waals surface area (Å²) in [5.74, 6) is -0.117. The number of hydrogen-bond acceptors (Lipinski definition) is 4. The van der Waals surface area contributed by atoms with Gasteiger partial charge in [-0.15, -0.1) is 0 Å². The highest BCUT2D eigenvalue weighted by molar-refractivity contribution is 7.89. The maximum Gasteiger partial charge on any atom is 0.248 e. The molecule has 2 aromatic rings. The molecule has 0 fully saturated rings. The zero-order chi connectivity index (χ0) is 19.5. The van der Waals surface area contributed by atoms with Crippen molar-refractivity contribution >= 4 is 27.3 Å². The Kier molecular flexibility index (Phi) is 6.05. The highest BCUT2D eigenvalue weighted by atomic mass is 32.2. The van der Waals surface area contributed by atoms with Gasteiger partial charge in [-0.3, -0.25) is 4.79 Å². The first-order valence-corrected chi connectivity index (χ1v) is 9.71. The molecule has 0 saturated heterocycles. The van der Waals surface area contributed by atoms with E-state index < -0.39 is 16.1 Å². The third kappa shape index (κ3) is 4.23.